The van der Waals surface area contributed by atoms with Gasteiger partial charge in [-0.2, -0.15) is 5.10 Å². The molecule has 0 aliphatic rings. The van der Waals surface area contributed by atoms with Crippen molar-refractivity contribution in [3.05, 3.63) is 39.8 Å². The Morgan fingerprint density at radius 2 is 1.96 bits per heavy atom. The fraction of sp³-hybridized carbons (Fsp3) is 0.579. The van der Waals surface area contributed by atoms with E-state index in [9.17, 15) is 0 Å². The number of hydrogen-bond acceptors (Lipinski definition) is 3. The third-order valence-corrected chi connectivity index (χ3v) is 5.08. The van der Waals surface area contributed by atoms with Crippen molar-refractivity contribution in [2.24, 2.45) is 16.8 Å². The number of aryl methyl sites for hydroxylation is 2. The molecule has 5 nitrogen and oxygen atoms in total. The third-order valence-electron chi connectivity index (χ3n) is 4.18. The van der Waals surface area contributed by atoms with Crippen molar-refractivity contribution in [3.63, 3.8) is 0 Å². The first-order chi connectivity index (χ1) is 12.0. The summed E-state index contributed by atoms with van der Waals surface area (Å²) in [6.07, 6.45) is 1.11. The van der Waals surface area contributed by atoms with Crippen molar-refractivity contribution in [3.8, 4) is 0 Å². The lowest BCUT2D eigenvalue weighted by atomic mass is 10.1. The summed E-state index contributed by atoms with van der Waals surface area (Å²) in [6, 6.07) is 6.44. The summed E-state index contributed by atoms with van der Waals surface area (Å²) >= 11 is 1.83. The lowest BCUT2D eigenvalue weighted by Gasteiger charge is -2.18. The van der Waals surface area contributed by atoms with E-state index in [4.69, 9.17) is 0 Å². The van der Waals surface area contributed by atoms with E-state index >= 15 is 0 Å². The van der Waals surface area contributed by atoms with Gasteiger partial charge in [0.05, 0.1) is 5.69 Å². The summed E-state index contributed by atoms with van der Waals surface area (Å²) in [6.45, 7) is 11.4. The van der Waals surface area contributed by atoms with E-state index in [1.54, 1.807) is 0 Å². The van der Waals surface area contributed by atoms with E-state index in [1.807, 2.05) is 25.3 Å². The van der Waals surface area contributed by atoms with Crippen LogP contribution < -0.4 is 10.6 Å². The number of nitrogens with one attached hydrogen (secondary N) is 2. The second-order valence-electron chi connectivity index (χ2n) is 6.94. The molecular formula is C19H31N5S. The summed E-state index contributed by atoms with van der Waals surface area (Å²) in [4.78, 5) is 5.77. The summed E-state index contributed by atoms with van der Waals surface area (Å²) in [5.41, 5.74) is 2.30. The zero-order valence-corrected chi connectivity index (χ0v) is 16.9. The number of nitrogens with zero attached hydrogens (tertiary/aromatic N) is 3. The molecule has 138 valence electrons. The number of thiophene rings is 1. The molecule has 0 spiro atoms. The minimum absolute atomic E-state index is 0.472. The van der Waals surface area contributed by atoms with Gasteiger partial charge >= 0.3 is 0 Å². The molecule has 2 atom stereocenters. The number of aromatic nitrogens is 2. The van der Waals surface area contributed by atoms with Crippen LogP contribution in [-0.2, 0) is 13.0 Å². The quantitative estimate of drug-likeness (QED) is 0.561. The maximum Gasteiger partial charge on any atom is 0.190 e. The van der Waals surface area contributed by atoms with Crippen molar-refractivity contribution in [1.82, 2.24) is 20.4 Å². The van der Waals surface area contributed by atoms with Gasteiger partial charge in [0.1, 0.15) is 0 Å². The van der Waals surface area contributed by atoms with Crippen molar-refractivity contribution in [1.29, 1.82) is 0 Å². The predicted octanol–water partition coefficient (Wildman–Crippen LogP) is 3.24. The van der Waals surface area contributed by atoms with Crippen LogP contribution in [0.5, 0.6) is 0 Å². The fourth-order valence-corrected chi connectivity index (χ4v) is 3.70. The van der Waals surface area contributed by atoms with E-state index in [0.717, 1.165) is 37.7 Å². The summed E-state index contributed by atoms with van der Waals surface area (Å²) in [7, 11) is 1.82. The van der Waals surface area contributed by atoms with Crippen molar-refractivity contribution < 1.29 is 0 Å². The molecule has 2 rings (SSSR count). The first kappa shape index (κ1) is 19.5. The second-order valence-corrected chi connectivity index (χ2v) is 7.97. The molecule has 0 fully saturated rings. The van der Waals surface area contributed by atoms with Crippen LogP contribution in [0.25, 0.3) is 0 Å². The van der Waals surface area contributed by atoms with Gasteiger partial charge in [-0.1, -0.05) is 19.9 Å². The fourth-order valence-electron chi connectivity index (χ4n) is 2.83. The highest BCUT2D eigenvalue weighted by Gasteiger charge is 2.09. The average Bonchev–Trinajstić information content (AvgIpc) is 3.17. The van der Waals surface area contributed by atoms with Gasteiger partial charge in [-0.25, -0.2) is 0 Å². The smallest absolute Gasteiger partial charge is 0.190 e. The molecule has 6 heteroatoms. The second kappa shape index (κ2) is 9.61. The van der Waals surface area contributed by atoms with Crippen LogP contribution in [0.4, 0.5) is 0 Å². The van der Waals surface area contributed by atoms with Gasteiger partial charge in [0.15, 0.2) is 5.96 Å². The molecule has 2 unspecified atom stereocenters. The number of aliphatic imine (C=N–C) groups is 1. The van der Waals surface area contributed by atoms with Crippen LogP contribution in [0, 0.1) is 25.7 Å². The van der Waals surface area contributed by atoms with Crippen molar-refractivity contribution in [2.75, 3.05) is 20.1 Å². The Hall–Kier alpha value is -1.82. The van der Waals surface area contributed by atoms with Gasteiger partial charge < -0.3 is 10.6 Å². The maximum absolute atomic E-state index is 4.54. The molecule has 2 aromatic rings. The lowest BCUT2D eigenvalue weighted by molar-refractivity contribution is 0.435. The Balaban J connectivity index is 1.71. The molecule has 0 amide bonds. The highest BCUT2D eigenvalue weighted by atomic mass is 32.1. The van der Waals surface area contributed by atoms with Crippen LogP contribution in [0.3, 0.4) is 0 Å². The van der Waals surface area contributed by atoms with Crippen molar-refractivity contribution >= 4 is 17.3 Å². The third kappa shape index (κ3) is 6.53. The Kier molecular flexibility index (Phi) is 7.50. The standard InChI is InChI=1S/C19H31N5S/c1-14(9-18-7-6-8-25-18)11-21-19(20-5)22-12-15(2)13-24-17(4)10-16(3)23-24/h6-8,10,14-15H,9,11-13H2,1-5H3,(H2,20,21,22). The monoisotopic (exact) mass is 361 g/mol. The molecule has 2 aromatic heterocycles. The van der Waals surface area contributed by atoms with E-state index in [0.29, 0.717) is 11.8 Å². The molecule has 2 heterocycles. The Morgan fingerprint density at radius 3 is 2.52 bits per heavy atom. The molecule has 0 saturated carbocycles. The highest BCUT2D eigenvalue weighted by Crippen LogP contribution is 2.13. The molecule has 2 N–H and O–H groups in total. The average molecular weight is 362 g/mol. The van der Waals surface area contributed by atoms with Gasteiger partial charge in [0, 0.05) is 37.3 Å². The summed E-state index contributed by atoms with van der Waals surface area (Å²) in [5, 5.41) is 13.5. The normalized spacial score (nSPS) is 14.4. The zero-order chi connectivity index (χ0) is 18.2. The molecule has 0 radical (unpaired) electrons. The van der Waals surface area contributed by atoms with Gasteiger partial charge in [-0.15, -0.1) is 11.3 Å². The van der Waals surface area contributed by atoms with E-state index < -0.39 is 0 Å². The molecule has 0 saturated heterocycles. The molecular weight excluding hydrogens is 330 g/mol. The lowest BCUT2D eigenvalue weighted by Crippen LogP contribution is -2.41. The van der Waals surface area contributed by atoms with Gasteiger partial charge in [0.2, 0.25) is 0 Å². The minimum atomic E-state index is 0.472. The summed E-state index contributed by atoms with van der Waals surface area (Å²) < 4.78 is 2.08. The predicted molar refractivity (Wildman–Crippen MR) is 107 cm³/mol. The maximum atomic E-state index is 4.54. The summed E-state index contributed by atoms with van der Waals surface area (Å²) in [5.74, 6) is 1.92. The van der Waals surface area contributed by atoms with Crippen LogP contribution in [0.2, 0.25) is 0 Å². The Labute approximate surface area is 155 Å². The Bertz CT molecular complexity index is 659. The Morgan fingerprint density at radius 1 is 1.24 bits per heavy atom. The zero-order valence-electron chi connectivity index (χ0n) is 16.0. The van der Waals surface area contributed by atoms with Crippen LogP contribution >= 0.6 is 11.3 Å². The van der Waals surface area contributed by atoms with Crippen LogP contribution in [0.1, 0.15) is 30.1 Å². The SMILES string of the molecule is CN=C(NCC(C)Cc1cccs1)NCC(C)Cn1nc(C)cc1C. The number of hydrogen-bond donors (Lipinski definition) is 2. The van der Waals surface area contributed by atoms with E-state index in [2.05, 4.69) is 69.8 Å². The topological polar surface area (TPSA) is 54.2 Å². The highest BCUT2D eigenvalue weighted by molar-refractivity contribution is 7.09. The van der Waals surface area contributed by atoms with Gasteiger partial charge in [-0.3, -0.25) is 9.67 Å². The minimum Gasteiger partial charge on any atom is -0.356 e. The largest absolute Gasteiger partial charge is 0.356 e. The van der Waals surface area contributed by atoms with Gasteiger partial charge in [-0.05, 0) is 49.6 Å². The molecule has 0 aromatic carbocycles. The molecule has 0 aliphatic carbocycles. The van der Waals surface area contributed by atoms with E-state index in [1.165, 1.54) is 10.6 Å². The number of guanidine groups is 1. The number of rotatable bonds is 8. The first-order valence-electron chi connectivity index (χ1n) is 8.96. The van der Waals surface area contributed by atoms with Crippen LogP contribution in [0.15, 0.2) is 28.6 Å². The molecule has 0 aliphatic heterocycles. The van der Waals surface area contributed by atoms with Crippen molar-refractivity contribution in [2.45, 2.75) is 40.7 Å². The van der Waals surface area contributed by atoms with Gasteiger partial charge in [0.25, 0.3) is 0 Å². The van der Waals surface area contributed by atoms with E-state index in [-0.39, 0.29) is 0 Å². The molecule has 0 bridgehead atoms. The first-order valence-corrected chi connectivity index (χ1v) is 9.83. The molecule has 25 heavy (non-hydrogen) atoms. The van der Waals surface area contributed by atoms with Crippen LogP contribution in [-0.4, -0.2) is 35.9 Å².